The van der Waals surface area contributed by atoms with Crippen molar-refractivity contribution in [2.75, 3.05) is 0 Å². The van der Waals surface area contributed by atoms with E-state index < -0.39 is 10.0 Å². The minimum atomic E-state index is -3.37. The predicted octanol–water partition coefficient (Wildman–Crippen LogP) is 3.11. The Balaban J connectivity index is 2.84. The van der Waals surface area contributed by atoms with E-state index >= 15 is 0 Å². The lowest BCUT2D eigenvalue weighted by molar-refractivity contribution is 0.530. The second-order valence-electron chi connectivity index (χ2n) is 4.53. The molecule has 1 rings (SSSR count). The normalized spacial score (nSPS) is 12.0. The van der Waals surface area contributed by atoms with Crippen LogP contribution in [0.2, 0.25) is 0 Å². The molecule has 4 heteroatoms. The molecule has 18 heavy (non-hydrogen) atoms. The fraction of sp³-hybridized carbons (Fsp3) is 0.571. The Kier molecular flexibility index (Phi) is 5.82. The lowest BCUT2D eigenvalue weighted by Crippen LogP contribution is -2.33. The molecule has 102 valence electrons. The average molecular weight is 269 g/mol. The third-order valence-electron chi connectivity index (χ3n) is 3.08. The van der Waals surface area contributed by atoms with Gasteiger partial charge >= 0.3 is 0 Å². The van der Waals surface area contributed by atoms with E-state index in [0.717, 1.165) is 25.7 Å². The van der Waals surface area contributed by atoms with Gasteiger partial charge in [-0.05, 0) is 37.0 Å². The summed E-state index contributed by atoms with van der Waals surface area (Å²) >= 11 is 0. The maximum atomic E-state index is 12.1. The molecular formula is C14H23NO2S. The summed E-state index contributed by atoms with van der Waals surface area (Å²) in [6, 6.07) is 7.19. The molecule has 0 fully saturated rings. The molecule has 0 atom stereocenters. The summed E-state index contributed by atoms with van der Waals surface area (Å²) in [5.74, 6) is 0. The van der Waals surface area contributed by atoms with Crippen LogP contribution in [0.3, 0.4) is 0 Å². The van der Waals surface area contributed by atoms with Crippen LogP contribution in [-0.4, -0.2) is 14.5 Å². The molecule has 0 radical (unpaired) electrons. The molecule has 1 aromatic carbocycles. The van der Waals surface area contributed by atoms with Crippen LogP contribution < -0.4 is 4.72 Å². The molecule has 0 unspecified atom stereocenters. The number of hydrogen-bond acceptors (Lipinski definition) is 2. The van der Waals surface area contributed by atoms with Gasteiger partial charge in [-0.1, -0.05) is 39.3 Å². The summed E-state index contributed by atoms with van der Waals surface area (Å²) < 4.78 is 27.0. The van der Waals surface area contributed by atoms with E-state index in [-0.39, 0.29) is 6.04 Å². The molecule has 3 nitrogen and oxygen atoms in total. The highest BCUT2D eigenvalue weighted by Gasteiger charge is 2.17. The first kappa shape index (κ1) is 15.2. The molecule has 1 aromatic rings. The van der Waals surface area contributed by atoms with Crippen molar-refractivity contribution in [3.63, 3.8) is 0 Å². The van der Waals surface area contributed by atoms with Crippen LogP contribution in [0.25, 0.3) is 0 Å². The van der Waals surface area contributed by atoms with E-state index in [1.54, 1.807) is 12.1 Å². The molecule has 0 aliphatic heterocycles. The smallest absolute Gasteiger partial charge is 0.208 e. The van der Waals surface area contributed by atoms with E-state index in [0.29, 0.717) is 4.90 Å². The van der Waals surface area contributed by atoms with Crippen molar-refractivity contribution < 1.29 is 8.42 Å². The zero-order valence-electron chi connectivity index (χ0n) is 11.4. The highest BCUT2D eigenvalue weighted by Crippen LogP contribution is 2.13. The SMILES string of the molecule is CCCc1ccc(S(=O)(=O)NC(CC)CC)cc1. The molecular weight excluding hydrogens is 246 g/mol. The van der Waals surface area contributed by atoms with Gasteiger partial charge in [-0.15, -0.1) is 0 Å². The quantitative estimate of drug-likeness (QED) is 0.826. The molecule has 0 aliphatic carbocycles. The van der Waals surface area contributed by atoms with Crippen LogP contribution in [-0.2, 0) is 16.4 Å². The van der Waals surface area contributed by atoms with Crippen LogP contribution in [0, 0.1) is 0 Å². The molecule has 0 bridgehead atoms. The van der Waals surface area contributed by atoms with Crippen LogP contribution in [0.5, 0.6) is 0 Å². The van der Waals surface area contributed by atoms with Gasteiger partial charge in [-0.25, -0.2) is 13.1 Å². The fourth-order valence-electron chi connectivity index (χ4n) is 1.87. The Labute approximate surface area is 111 Å². The third-order valence-corrected chi connectivity index (χ3v) is 4.62. The number of sulfonamides is 1. The number of nitrogens with one attached hydrogen (secondary N) is 1. The Morgan fingerprint density at radius 2 is 1.61 bits per heavy atom. The van der Waals surface area contributed by atoms with Gasteiger partial charge in [0.05, 0.1) is 4.90 Å². The predicted molar refractivity (Wildman–Crippen MR) is 75.1 cm³/mol. The van der Waals surface area contributed by atoms with Gasteiger partial charge in [-0.3, -0.25) is 0 Å². The molecule has 0 aromatic heterocycles. The van der Waals surface area contributed by atoms with Crippen LogP contribution in [0.1, 0.15) is 45.6 Å². The Morgan fingerprint density at radius 3 is 2.06 bits per heavy atom. The fourth-order valence-corrected chi connectivity index (χ4v) is 3.27. The Bertz CT molecular complexity index is 447. The maximum absolute atomic E-state index is 12.1. The number of rotatable bonds is 7. The lowest BCUT2D eigenvalue weighted by atomic mass is 10.1. The van der Waals surface area contributed by atoms with Crippen LogP contribution in [0.15, 0.2) is 29.2 Å². The number of benzene rings is 1. The second kappa shape index (κ2) is 6.90. The van der Waals surface area contributed by atoms with E-state index in [4.69, 9.17) is 0 Å². The highest BCUT2D eigenvalue weighted by molar-refractivity contribution is 7.89. The monoisotopic (exact) mass is 269 g/mol. The van der Waals surface area contributed by atoms with Crippen molar-refractivity contribution in [3.05, 3.63) is 29.8 Å². The average Bonchev–Trinajstić information content (AvgIpc) is 2.37. The van der Waals surface area contributed by atoms with Gasteiger partial charge < -0.3 is 0 Å². The standard InChI is InChI=1S/C14H23NO2S/c1-4-7-12-8-10-14(11-9-12)18(16,17)15-13(5-2)6-3/h8-11,13,15H,4-7H2,1-3H3. The number of aryl methyl sites for hydroxylation is 1. The molecule has 0 saturated carbocycles. The van der Waals surface area contributed by atoms with Crippen molar-refractivity contribution >= 4 is 10.0 Å². The first-order valence-corrected chi connectivity index (χ1v) is 8.13. The first-order chi connectivity index (χ1) is 8.53. The third kappa shape index (κ3) is 4.10. The summed E-state index contributed by atoms with van der Waals surface area (Å²) in [6.45, 7) is 6.08. The molecule has 0 saturated heterocycles. The zero-order chi connectivity index (χ0) is 13.6. The Hall–Kier alpha value is -0.870. The van der Waals surface area contributed by atoms with Crippen molar-refractivity contribution in [2.45, 2.75) is 57.4 Å². The van der Waals surface area contributed by atoms with Gasteiger partial charge in [0.1, 0.15) is 0 Å². The van der Waals surface area contributed by atoms with Gasteiger partial charge in [0, 0.05) is 6.04 Å². The van der Waals surface area contributed by atoms with E-state index in [1.807, 2.05) is 26.0 Å². The van der Waals surface area contributed by atoms with Gasteiger partial charge in [0.2, 0.25) is 10.0 Å². The van der Waals surface area contributed by atoms with Crippen LogP contribution in [0.4, 0.5) is 0 Å². The topological polar surface area (TPSA) is 46.2 Å². The highest BCUT2D eigenvalue weighted by atomic mass is 32.2. The molecule has 0 spiro atoms. The van der Waals surface area contributed by atoms with Crippen molar-refractivity contribution in [1.29, 1.82) is 0 Å². The molecule has 1 N–H and O–H groups in total. The summed E-state index contributed by atoms with van der Waals surface area (Å²) in [5, 5.41) is 0. The molecule has 0 amide bonds. The van der Waals surface area contributed by atoms with Crippen LogP contribution >= 0.6 is 0 Å². The van der Waals surface area contributed by atoms with E-state index in [9.17, 15) is 8.42 Å². The van der Waals surface area contributed by atoms with Gasteiger partial charge in [0.15, 0.2) is 0 Å². The summed E-state index contributed by atoms with van der Waals surface area (Å²) in [4.78, 5) is 0.356. The first-order valence-electron chi connectivity index (χ1n) is 6.64. The summed E-state index contributed by atoms with van der Waals surface area (Å²) in [6.07, 6.45) is 3.67. The van der Waals surface area contributed by atoms with E-state index in [2.05, 4.69) is 11.6 Å². The largest absolute Gasteiger partial charge is 0.240 e. The van der Waals surface area contributed by atoms with E-state index in [1.165, 1.54) is 5.56 Å². The minimum Gasteiger partial charge on any atom is -0.208 e. The lowest BCUT2D eigenvalue weighted by Gasteiger charge is -2.15. The minimum absolute atomic E-state index is 0.0188. The zero-order valence-corrected chi connectivity index (χ0v) is 12.3. The van der Waals surface area contributed by atoms with Crippen molar-refractivity contribution in [2.24, 2.45) is 0 Å². The Morgan fingerprint density at radius 1 is 1.06 bits per heavy atom. The molecule has 0 aliphatic rings. The van der Waals surface area contributed by atoms with Crippen molar-refractivity contribution in [3.8, 4) is 0 Å². The summed E-state index contributed by atoms with van der Waals surface area (Å²) in [5.41, 5.74) is 1.18. The van der Waals surface area contributed by atoms with Gasteiger partial charge in [-0.2, -0.15) is 0 Å². The second-order valence-corrected chi connectivity index (χ2v) is 6.24. The number of hydrogen-bond donors (Lipinski definition) is 1. The molecule has 0 heterocycles. The maximum Gasteiger partial charge on any atom is 0.240 e. The summed E-state index contributed by atoms with van der Waals surface area (Å²) in [7, 11) is -3.37. The van der Waals surface area contributed by atoms with Crippen molar-refractivity contribution in [1.82, 2.24) is 4.72 Å². The van der Waals surface area contributed by atoms with Gasteiger partial charge in [0.25, 0.3) is 0 Å².